The smallest absolute Gasteiger partial charge is 0.304 e. The number of imidazole rings is 1. The molecule has 0 unspecified atom stereocenters. The van der Waals surface area contributed by atoms with Gasteiger partial charge in [-0.25, -0.2) is 4.98 Å². The number of carboxylic acid groups (broad SMARTS) is 1. The van der Waals surface area contributed by atoms with E-state index >= 15 is 0 Å². The Morgan fingerprint density at radius 1 is 0.975 bits per heavy atom. The van der Waals surface area contributed by atoms with Gasteiger partial charge in [0.05, 0.1) is 18.7 Å². The lowest BCUT2D eigenvalue weighted by Gasteiger charge is -2.15. The molecule has 6 rings (SSSR count). The normalized spacial score (nSPS) is 14.1. The molecule has 1 aliphatic heterocycles. The summed E-state index contributed by atoms with van der Waals surface area (Å²) in [5, 5.41) is 9.12. The summed E-state index contributed by atoms with van der Waals surface area (Å²) in [7, 11) is 0. The minimum absolute atomic E-state index is 0.0635. The van der Waals surface area contributed by atoms with Crippen molar-refractivity contribution in [1.29, 1.82) is 0 Å². The number of carboxylic acids is 1. The number of aliphatic carboxylic acids is 1. The second-order valence-electron chi connectivity index (χ2n) is 10.2. The number of nitrogens with zero attached hydrogens (tertiary/aromatic N) is 2. The number of fused-ring (bicyclic) bond motifs is 2. The highest BCUT2D eigenvalue weighted by atomic mass is 16.5. The van der Waals surface area contributed by atoms with Crippen LogP contribution in [0.15, 0.2) is 85.2 Å². The molecular formula is C33H30N2O5. The minimum atomic E-state index is -0.822. The Hall–Kier alpha value is -4.78. The maximum atomic E-state index is 11.1. The zero-order chi connectivity index (χ0) is 27.6. The monoisotopic (exact) mass is 534 g/mol. The lowest BCUT2D eigenvalue weighted by molar-refractivity contribution is -0.137. The molecule has 1 N–H and O–H groups in total. The zero-order valence-corrected chi connectivity index (χ0v) is 22.5. The molecule has 0 aliphatic carbocycles. The van der Waals surface area contributed by atoms with Gasteiger partial charge in [-0.3, -0.25) is 4.79 Å². The first kappa shape index (κ1) is 25.5. The summed E-state index contributed by atoms with van der Waals surface area (Å²) in [5.41, 5.74) is 8.50. The molecule has 0 amide bonds. The number of aryl methyl sites for hydroxylation is 2. The van der Waals surface area contributed by atoms with Crippen molar-refractivity contribution < 1.29 is 24.1 Å². The Bertz CT molecular complexity index is 1680. The van der Waals surface area contributed by atoms with Crippen LogP contribution in [-0.4, -0.2) is 27.1 Å². The number of benzene rings is 3. The Labute approximate surface area is 232 Å². The molecular weight excluding hydrogens is 504 g/mol. The number of hydrogen-bond acceptors (Lipinski definition) is 5. The van der Waals surface area contributed by atoms with Crippen LogP contribution in [0.2, 0.25) is 0 Å². The van der Waals surface area contributed by atoms with Crippen molar-refractivity contribution in [2.45, 2.75) is 39.4 Å². The van der Waals surface area contributed by atoms with Gasteiger partial charge in [0.1, 0.15) is 36.1 Å². The fraction of sp³-hybridized carbons (Fsp3) is 0.212. The minimum Gasteiger partial charge on any atom is -0.492 e. The second kappa shape index (κ2) is 10.8. The largest absolute Gasteiger partial charge is 0.492 e. The van der Waals surface area contributed by atoms with E-state index in [9.17, 15) is 4.79 Å². The van der Waals surface area contributed by atoms with Gasteiger partial charge in [-0.2, -0.15) is 0 Å². The molecule has 3 heterocycles. The summed E-state index contributed by atoms with van der Waals surface area (Å²) in [4.78, 5) is 15.4. The van der Waals surface area contributed by atoms with Gasteiger partial charge >= 0.3 is 5.97 Å². The summed E-state index contributed by atoms with van der Waals surface area (Å²) in [6, 6.07) is 24.2. The van der Waals surface area contributed by atoms with Crippen molar-refractivity contribution in [1.82, 2.24) is 9.38 Å². The Balaban J connectivity index is 1.14. The van der Waals surface area contributed by atoms with Crippen LogP contribution in [0.4, 0.5) is 0 Å². The average Bonchev–Trinajstić information content (AvgIpc) is 3.58. The van der Waals surface area contributed by atoms with E-state index in [2.05, 4.69) is 49.2 Å². The highest BCUT2D eigenvalue weighted by molar-refractivity contribution is 5.72. The van der Waals surface area contributed by atoms with Gasteiger partial charge in [-0.05, 0) is 78.1 Å². The number of pyridine rings is 1. The molecule has 2 aromatic heterocycles. The van der Waals surface area contributed by atoms with Crippen molar-refractivity contribution >= 4 is 11.6 Å². The van der Waals surface area contributed by atoms with Crippen LogP contribution in [0.3, 0.4) is 0 Å². The number of hydrogen-bond donors (Lipinski definition) is 1. The molecule has 1 atom stereocenters. The average molecular weight is 535 g/mol. The molecule has 0 saturated heterocycles. The van der Waals surface area contributed by atoms with Crippen LogP contribution in [-0.2, 0) is 18.0 Å². The SMILES string of the molecule is Cc1cc(OCc2cccc3nccn23)cc(C)c1-c1cccc(COc2ccc3c(c2)OC[C@H]3CC(=O)O)c1. The highest BCUT2D eigenvalue weighted by Crippen LogP contribution is 2.38. The number of aromatic nitrogens is 2. The van der Waals surface area contributed by atoms with E-state index in [1.54, 1.807) is 6.20 Å². The van der Waals surface area contributed by atoms with Crippen molar-refractivity contribution in [3.05, 3.63) is 113 Å². The van der Waals surface area contributed by atoms with E-state index in [1.165, 1.54) is 5.56 Å². The van der Waals surface area contributed by atoms with Gasteiger partial charge in [0.2, 0.25) is 0 Å². The zero-order valence-electron chi connectivity index (χ0n) is 22.5. The lowest BCUT2D eigenvalue weighted by atomic mass is 9.94. The molecule has 5 aromatic rings. The van der Waals surface area contributed by atoms with Crippen molar-refractivity contribution in [2.75, 3.05) is 6.61 Å². The summed E-state index contributed by atoms with van der Waals surface area (Å²) in [6.45, 7) is 5.46. The van der Waals surface area contributed by atoms with E-state index < -0.39 is 5.97 Å². The van der Waals surface area contributed by atoms with E-state index in [4.69, 9.17) is 19.3 Å². The molecule has 0 radical (unpaired) electrons. The standard InChI is InChI=1S/C33H30N2O5/c1-21-13-28(39-20-26-7-4-8-31-34-11-12-35(26)31)14-22(2)33(21)24-6-3-5-23(15-24)18-38-27-9-10-29-25(16-32(36)37)19-40-30(29)17-27/h3-15,17,25H,16,18-20H2,1-2H3,(H,36,37)/t25-/m1/s1. The van der Waals surface area contributed by atoms with Crippen LogP contribution < -0.4 is 14.2 Å². The maximum absolute atomic E-state index is 11.1. The predicted molar refractivity (Wildman–Crippen MR) is 152 cm³/mol. The molecule has 7 nitrogen and oxygen atoms in total. The van der Waals surface area contributed by atoms with Gasteiger partial charge in [0.15, 0.2) is 0 Å². The van der Waals surface area contributed by atoms with E-state index in [0.29, 0.717) is 31.3 Å². The van der Waals surface area contributed by atoms with Crippen LogP contribution >= 0.6 is 0 Å². The van der Waals surface area contributed by atoms with E-state index in [0.717, 1.165) is 44.9 Å². The van der Waals surface area contributed by atoms with Gasteiger partial charge in [-0.1, -0.05) is 30.3 Å². The third-order valence-corrected chi connectivity index (χ3v) is 7.31. The molecule has 0 fully saturated rings. The highest BCUT2D eigenvalue weighted by Gasteiger charge is 2.26. The molecule has 0 spiro atoms. The number of carbonyl (C=O) groups is 1. The first-order chi connectivity index (χ1) is 19.4. The number of rotatable bonds is 9. The lowest BCUT2D eigenvalue weighted by Crippen LogP contribution is -2.07. The molecule has 0 bridgehead atoms. The molecule has 0 saturated carbocycles. The van der Waals surface area contributed by atoms with Gasteiger partial charge in [0.25, 0.3) is 0 Å². The van der Waals surface area contributed by atoms with E-state index in [1.807, 2.05) is 53.1 Å². The Morgan fingerprint density at radius 2 is 1.77 bits per heavy atom. The van der Waals surface area contributed by atoms with Crippen LogP contribution in [0.25, 0.3) is 16.8 Å². The molecule has 202 valence electrons. The van der Waals surface area contributed by atoms with Gasteiger partial charge < -0.3 is 23.7 Å². The Morgan fingerprint density at radius 3 is 2.60 bits per heavy atom. The summed E-state index contributed by atoms with van der Waals surface area (Å²) >= 11 is 0. The molecule has 1 aliphatic rings. The quantitative estimate of drug-likeness (QED) is 0.226. The molecule has 7 heteroatoms. The van der Waals surface area contributed by atoms with Gasteiger partial charge in [-0.15, -0.1) is 0 Å². The fourth-order valence-electron chi connectivity index (χ4n) is 5.45. The third kappa shape index (κ3) is 5.23. The van der Waals surface area contributed by atoms with Crippen LogP contribution in [0.5, 0.6) is 17.2 Å². The van der Waals surface area contributed by atoms with Crippen molar-refractivity contribution in [2.24, 2.45) is 0 Å². The van der Waals surface area contributed by atoms with Crippen molar-refractivity contribution in [3.63, 3.8) is 0 Å². The maximum Gasteiger partial charge on any atom is 0.304 e. The third-order valence-electron chi connectivity index (χ3n) is 7.31. The first-order valence-corrected chi connectivity index (χ1v) is 13.3. The summed E-state index contributed by atoms with van der Waals surface area (Å²) < 4.78 is 20.0. The van der Waals surface area contributed by atoms with Crippen LogP contribution in [0, 0.1) is 13.8 Å². The predicted octanol–water partition coefficient (Wildman–Crippen LogP) is 6.73. The molecule has 3 aromatic carbocycles. The topological polar surface area (TPSA) is 82.3 Å². The molecule has 40 heavy (non-hydrogen) atoms. The fourth-order valence-corrected chi connectivity index (χ4v) is 5.45. The Kier molecular flexibility index (Phi) is 6.86. The van der Waals surface area contributed by atoms with E-state index in [-0.39, 0.29) is 12.3 Å². The van der Waals surface area contributed by atoms with Crippen LogP contribution in [0.1, 0.15) is 40.3 Å². The summed E-state index contributed by atoms with van der Waals surface area (Å²) in [5.74, 6) is 1.29. The summed E-state index contributed by atoms with van der Waals surface area (Å²) in [6.07, 6.45) is 3.80. The van der Waals surface area contributed by atoms with Crippen molar-refractivity contribution in [3.8, 4) is 28.4 Å². The van der Waals surface area contributed by atoms with Gasteiger partial charge in [0, 0.05) is 29.9 Å². The first-order valence-electron chi connectivity index (χ1n) is 13.3. The number of ether oxygens (including phenoxy) is 3. The second-order valence-corrected chi connectivity index (χ2v) is 10.2.